The molecule has 0 N–H and O–H groups in total. The van der Waals surface area contributed by atoms with Crippen LogP contribution < -0.4 is 0 Å². The van der Waals surface area contributed by atoms with Crippen LogP contribution in [0.25, 0.3) is 0 Å². The lowest BCUT2D eigenvalue weighted by Gasteiger charge is -2.36. The molecule has 6 heteroatoms. The van der Waals surface area contributed by atoms with Crippen LogP contribution in [-0.2, 0) is 12.7 Å². The molecule has 0 aliphatic heterocycles. The lowest BCUT2D eigenvalue weighted by Crippen LogP contribution is -2.52. The summed E-state index contributed by atoms with van der Waals surface area (Å²) in [5.41, 5.74) is 0. The van der Waals surface area contributed by atoms with E-state index < -0.39 is 25.4 Å². The molecule has 0 unspecified atom stereocenters. The van der Waals surface area contributed by atoms with Crippen LogP contribution in [0.4, 0.5) is 0 Å². The third-order valence-electron chi connectivity index (χ3n) is 1.54. The maximum Gasteiger partial charge on any atom is 0.322 e. The Labute approximate surface area is 97.8 Å². The van der Waals surface area contributed by atoms with Crippen molar-refractivity contribution in [3.8, 4) is 0 Å². The van der Waals surface area contributed by atoms with Gasteiger partial charge in [0.15, 0.2) is 8.32 Å². The minimum atomic E-state index is -2.01. The highest BCUT2D eigenvalue weighted by molar-refractivity contribution is 6.85. The summed E-state index contributed by atoms with van der Waals surface area (Å²) in [6.07, 6.45) is 0. The first-order chi connectivity index (χ1) is 6.47. The second-order valence-electron chi connectivity index (χ2n) is 5.55. The van der Waals surface area contributed by atoms with Gasteiger partial charge in [-0.3, -0.25) is 0 Å². The Balaban J connectivity index is 4.36. The molecule has 0 radical (unpaired) electrons. The zero-order valence-electron chi connectivity index (χ0n) is 11.4. The molecule has 0 rings (SSSR count). The quantitative estimate of drug-likeness (QED) is 0.691. The van der Waals surface area contributed by atoms with Gasteiger partial charge in [-0.2, -0.15) is 0 Å². The van der Waals surface area contributed by atoms with Crippen molar-refractivity contribution in [1.82, 2.24) is 0 Å². The van der Waals surface area contributed by atoms with Gasteiger partial charge in [-0.1, -0.05) is 0 Å². The molecule has 0 aromatic heterocycles. The van der Waals surface area contributed by atoms with Crippen LogP contribution in [0.2, 0.25) is 45.8 Å². The Hall–Kier alpha value is 0.531. The van der Waals surface area contributed by atoms with Gasteiger partial charge in [-0.25, -0.2) is 0 Å². The molecular formula is C9H26O3Si3. The molecule has 0 saturated heterocycles. The standard InChI is InChI=1S/C9H26O3Si3/c1-9-10-14(5,6)12-15(7,8)11-13(2,3)4/h9H2,1-8H3. The molecule has 0 aliphatic carbocycles. The average Bonchev–Trinajstić information content (AvgIpc) is 1.74. The van der Waals surface area contributed by atoms with Crippen LogP contribution in [-0.4, -0.2) is 32.0 Å². The van der Waals surface area contributed by atoms with Crippen LogP contribution in [0.3, 0.4) is 0 Å². The predicted molar refractivity (Wildman–Crippen MR) is 72.1 cm³/mol. The minimum absolute atomic E-state index is 0.719. The molecule has 15 heavy (non-hydrogen) atoms. The van der Waals surface area contributed by atoms with E-state index in [0.29, 0.717) is 0 Å². The van der Waals surface area contributed by atoms with E-state index in [1.165, 1.54) is 0 Å². The van der Waals surface area contributed by atoms with Crippen LogP contribution >= 0.6 is 0 Å². The second-order valence-corrected chi connectivity index (χ2v) is 17.3. The Morgan fingerprint density at radius 3 is 1.53 bits per heavy atom. The molecule has 0 bridgehead atoms. The summed E-state index contributed by atoms with van der Waals surface area (Å²) in [7, 11) is -5.50. The van der Waals surface area contributed by atoms with E-state index in [4.69, 9.17) is 12.7 Å². The fourth-order valence-electron chi connectivity index (χ4n) is 1.73. The van der Waals surface area contributed by atoms with E-state index in [-0.39, 0.29) is 0 Å². The van der Waals surface area contributed by atoms with Gasteiger partial charge in [0.05, 0.1) is 0 Å². The Kier molecular flexibility index (Phi) is 5.43. The summed E-state index contributed by atoms with van der Waals surface area (Å²) < 4.78 is 17.9. The fourth-order valence-corrected chi connectivity index (χ4v) is 13.8. The Morgan fingerprint density at radius 2 is 1.20 bits per heavy atom. The summed E-state index contributed by atoms with van der Waals surface area (Å²) in [6.45, 7) is 17.7. The van der Waals surface area contributed by atoms with Crippen LogP contribution in [0.1, 0.15) is 6.92 Å². The Morgan fingerprint density at radius 1 is 0.733 bits per heavy atom. The van der Waals surface area contributed by atoms with E-state index in [1.807, 2.05) is 6.92 Å². The van der Waals surface area contributed by atoms with Crippen LogP contribution in [0, 0.1) is 0 Å². The lowest BCUT2D eigenvalue weighted by atomic mass is 10.9. The zero-order valence-corrected chi connectivity index (χ0v) is 14.4. The van der Waals surface area contributed by atoms with Crippen molar-refractivity contribution in [3.63, 3.8) is 0 Å². The van der Waals surface area contributed by atoms with Crippen molar-refractivity contribution < 1.29 is 12.7 Å². The highest BCUT2D eigenvalue weighted by Crippen LogP contribution is 2.20. The molecule has 0 heterocycles. The predicted octanol–water partition coefficient (Wildman–Crippen LogP) is 3.29. The van der Waals surface area contributed by atoms with Gasteiger partial charge in [0, 0.05) is 6.61 Å². The van der Waals surface area contributed by atoms with Crippen molar-refractivity contribution >= 4 is 25.4 Å². The van der Waals surface area contributed by atoms with Gasteiger partial charge in [0.1, 0.15) is 0 Å². The van der Waals surface area contributed by atoms with Crippen molar-refractivity contribution in [2.24, 2.45) is 0 Å². The monoisotopic (exact) mass is 266 g/mol. The number of hydrogen-bond donors (Lipinski definition) is 0. The maximum atomic E-state index is 6.12. The summed E-state index contributed by atoms with van der Waals surface area (Å²) in [4.78, 5) is 0. The highest BCUT2D eigenvalue weighted by Gasteiger charge is 2.38. The third-order valence-corrected chi connectivity index (χ3v) is 10.9. The summed E-state index contributed by atoms with van der Waals surface area (Å²) in [6, 6.07) is 0. The van der Waals surface area contributed by atoms with E-state index in [9.17, 15) is 0 Å². The normalized spacial score (nSPS) is 14.4. The van der Waals surface area contributed by atoms with Gasteiger partial charge < -0.3 is 12.7 Å². The molecule has 0 fully saturated rings. The molecule has 0 aromatic rings. The first kappa shape index (κ1) is 15.5. The number of hydrogen-bond acceptors (Lipinski definition) is 3. The summed E-state index contributed by atoms with van der Waals surface area (Å²) in [5, 5.41) is 0. The van der Waals surface area contributed by atoms with Crippen LogP contribution in [0.15, 0.2) is 0 Å². The Bertz CT molecular complexity index is 199. The third kappa shape index (κ3) is 8.35. The van der Waals surface area contributed by atoms with Gasteiger partial charge in [0.2, 0.25) is 0 Å². The van der Waals surface area contributed by atoms with E-state index >= 15 is 0 Å². The number of rotatable bonds is 6. The molecule has 0 atom stereocenters. The maximum absolute atomic E-state index is 6.12. The highest BCUT2D eigenvalue weighted by atomic mass is 28.5. The molecule has 0 aromatic carbocycles. The van der Waals surface area contributed by atoms with Crippen molar-refractivity contribution in [3.05, 3.63) is 0 Å². The smallest absolute Gasteiger partial charge is 0.322 e. The van der Waals surface area contributed by atoms with E-state index in [2.05, 4.69) is 45.8 Å². The zero-order chi connectivity index (χ0) is 12.3. The first-order valence-corrected chi connectivity index (χ1v) is 14.6. The molecule has 0 aliphatic rings. The van der Waals surface area contributed by atoms with E-state index in [1.54, 1.807) is 0 Å². The first-order valence-electron chi connectivity index (χ1n) is 5.52. The van der Waals surface area contributed by atoms with Gasteiger partial charge >= 0.3 is 17.1 Å². The van der Waals surface area contributed by atoms with Gasteiger partial charge in [-0.05, 0) is 52.8 Å². The van der Waals surface area contributed by atoms with Crippen LogP contribution in [0.5, 0.6) is 0 Å². The molecule has 3 nitrogen and oxygen atoms in total. The SMILES string of the molecule is CCO[Si](C)(C)O[Si](C)(C)O[Si](C)(C)C. The summed E-state index contributed by atoms with van der Waals surface area (Å²) in [5.74, 6) is 0. The van der Waals surface area contributed by atoms with Crippen molar-refractivity contribution in [2.45, 2.75) is 52.8 Å². The second kappa shape index (κ2) is 5.24. The largest absolute Gasteiger partial charge is 0.437 e. The molecule has 0 saturated carbocycles. The average molecular weight is 267 g/mol. The van der Waals surface area contributed by atoms with Gasteiger partial charge in [0.25, 0.3) is 0 Å². The fraction of sp³-hybridized carbons (Fsp3) is 1.00. The topological polar surface area (TPSA) is 27.7 Å². The van der Waals surface area contributed by atoms with E-state index in [0.717, 1.165) is 6.61 Å². The molecule has 0 amide bonds. The molecule has 0 spiro atoms. The van der Waals surface area contributed by atoms with Gasteiger partial charge in [-0.15, -0.1) is 0 Å². The van der Waals surface area contributed by atoms with Crippen molar-refractivity contribution in [1.29, 1.82) is 0 Å². The summed E-state index contributed by atoms with van der Waals surface area (Å²) >= 11 is 0. The minimum Gasteiger partial charge on any atom is -0.437 e. The molecule has 92 valence electrons. The lowest BCUT2D eigenvalue weighted by molar-refractivity contribution is 0.242. The van der Waals surface area contributed by atoms with Crippen molar-refractivity contribution in [2.75, 3.05) is 6.61 Å². The molecular weight excluding hydrogens is 240 g/mol.